The molecule has 0 radical (unpaired) electrons. The molecule has 2 nitrogen and oxygen atoms in total. The highest BCUT2D eigenvalue weighted by Gasteiger charge is 2.29. The zero-order valence-electron chi connectivity index (χ0n) is 10.9. The van der Waals surface area contributed by atoms with Crippen molar-refractivity contribution in [2.45, 2.75) is 51.5 Å². The van der Waals surface area contributed by atoms with Crippen molar-refractivity contribution in [3.8, 4) is 12.3 Å². The Morgan fingerprint density at radius 2 is 2.12 bits per heavy atom. The summed E-state index contributed by atoms with van der Waals surface area (Å²) in [6.07, 6.45) is 11.0. The lowest BCUT2D eigenvalue weighted by Gasteiger charge is -2.35. The Balaban J connectivity index is 2.48. The molecular weight excluding hydrogens is 196 g/mol. The SMILES string of the molecule is C#CCCCN1CCCNC(CC)(CC)C1. The van der Waals surface area contributed by atoms with E-state index in [9.17, 15) is 0 Å². The predicted molar refractivity (Wildman–Crippen MR) is 70.4 cm³/mol. The predicted octanol–water partition coefficient (Wildman–Crippen LogP) is 2.25. The number of unbranched alkanes of at least 4 members (excludes halogenated alkanes) is 1. The van der Waals surface area contributed by atoms with Crippen LogP contribution >= 0.6 is 0 Å². The Bertz CT molecular complexity index is 225. The highest BCUT2D eigenvalue weighted by molar-refractivity contribution is 4.91. The summed E-state index contributed by atoms with van der Waals surface area (Å²) in [5.41, 5.74) is 0.340. The van der Waals surface area contributed by atoms with Gasteiger partial charge in [0, 0.05) is 18.5 Å². The van der Waals surface area contributed by atoms with Crippen molar-refractivity contribution in [3.63, 3.8) is 0 Å². The first-order valence-electron chi connectivity index (χ1n) is 6.67. The number of nitrogens with one attached hydrogen (secondary N) is 1. The molecule has 2 heteroatoms. The molecule has 0 aliphatic carbocycles. The van der Waals surface area contributed by atoms with E-state index in [1.54, 1.807) is 0 Å². The third kappa shape index (κ3) is 3.81. The van der Waals surface area contributed by atoms with E-state index in [4.69, 9.17) is 6.42 Å². The van der Waals surface area contributed by atoms with Crippen molar-refractivity contribution in [2.24, 2.45) is 0 Å². The standard InChI is InChI=1S/C14H26N2/c1-4-7-8-11-16-12-9-10-15-14(5-2,6-3)13-16/h1,15H,5-13H2,2-3H3. The minimum absolute atomic E-state index is 0.340. The summed E-state index contributed by atoms with van der Waals surface area (Å²) in [6, 6.07) is 0. The number of hydrogen-bond donors (Lipinski definition) is 1. The van der Waals surface area contributed by atoms with Gasteiger partial charge in [-0.15, -0.1) is 12.3 Å². The molecule has 1 aliphatic rings. The van der Waals surface area contributed by atoms with Crippen LogP contribution in [-0.4, -0.2) is 36.6 Å². The Labute approximate surface area is 101 Å². The van der Waals surface area contributed by atoms with Gasteiger partial charge < -0.3 is 10.2 Å². The topological polar surface area (TPSA) is 15.3 Å². The van der Waals surface area contributed by atoms with Gasteiger partial charge in [0.1, 0.15) is 0 Å². The molecular formula is C14H26N2. The van der Waals surface area contributed by atoms with E-state index in [2.05, 4.69) is 30.0 Å². The first kappa shape index (κ1) is 13.5. The summed E-state index contributed by atoms with van der Waals surface area (Å²) in [4.78, 5) is 2.59. The normalized spacial score (nSPS) is 21.3. The summed E-state index contributed by atoms with van der Waals surface area (Å²) in [6.45, 7) is 9.31. The summed E-state index contributed by atoms with van der Waals surface area (Å²) < 4.78 is 0. The lowest BCUT2D eigenvalue weighted by Crippen LogP contribution is -2.50. The Hall–Kier alpha value is -0.520. The molecule has 1 rings (SSSR count). The van der Waals surface area contributed by atoms with Gasteiger partial charge in [0.25, 0.3) is 0 Å². The fourth-order valence-electron chi connectivity index (χ4n) is 2.54. The van der Waals surface area contributed by atoms with Crippen molar-refractivity contribution in [1.82, 2.24) is 10.2 Å². The summed E-state index contributed by atoms with van der Waals surface area (Å²) in [5.74, 6) is 2.73. The monoisotopic (exact) mass is 222 g/mol. The highest BCUT2D eigenvalue weighted by Crippen LogP contribution is 2.19. The van der Waals surface area contributed by atoms with Crippen LogP contribution in [0.2, 0.25) is 0 Å². The van der Waals surface area contributed by atoms with Crippen molar-refractivity contribution in [1.29, 1.82) is 0 Å². The van der Waals surface area contributed by atoms with Crippen LogP contribution in [0.5, 0.6) is 0 Å². The number of hydrogen-bond acceptors (Lipinski definition) is 2. The Morgan fingerprint density at radius 1 is 1.38 bits per heavy atom. The molecule has 16 heavy (non-hydrogen) atoms. The van der Waals surface area contributed by atoms with Crippen LogP contribution in [0.3, 0.4) is 0 Å². The van der Waals surface area contributed by atoms with E-state index in [1.807, 2.05) is 0 Å². The maximum atomic E-state index is 5.30. The second-order valence-electron chi connectivity index (χ2n) is 4.85. The lowest BCUT2D eigenvalue weighted by molar-refractivity contribution is 0.196. The largest absolute Gasteiger partial charge is 0.310 e. The van der Waals surface area contributed by atoms with E-state index < -0.39 is 0 Å². The van der Waals surface area contributed by atoms with Gasteiger partial charge in [0.15, 0.2) is 0 Å². The van der Waals surface area contributed by atoms with Crippen molar-refractivity contribution >= 4 is 0 Å². The minimum Gasteiger partial charge on any atom is -0.310 e. The first-order chi connectivity index (χ1) is 7.76. The quantitative estimate of drug-likeness (QED) is 0.567. The smallest absolute Gasteiger partial charge is 0.0303 e. The Morgan fingerprint density at radius 3 is 2.75 bits per heavy atom. The maximum absolute atomic E-state index is 5.30. The van der Waals surface area contributed by atoms with Crippen LogP contribution in [0, 0.1) is 12.3 Å². The van der Waals surface area contributed by atoms with Gasteiger partial charge in [-0.3, -0.25) is 0 Å². The van der Waals surface area contributed by atoms with Crippen molar-refractivity contribution < 1.29 is 0 Å². The molecule has 1 heterocycles. The van der Waals surface area contributed by atoms with Gasteiger partial charge >= 0.3 is 0 Å². The second-order valence-corrected chi connectivity index (χ2v) is 4.85. The van der Waals surface area contributed by atoms with Crippen LogP contribution < -0.4 is 5.32 Å². The lowest BCUT2D eigenvalue weighted by atomic mass is 9.92. The van der Waals surface area contributed by atoms with E-state index in [0.29, 0.717) is 5.54 Å². The zero-order chi connectivity index (χ0) is 11.9. The van der Waals surface area contributed by atoms with E-state index in [-0.39, 0.29) is 0 Å². The highest BCUT2D eigenvalue weighted by atomic mass is 15.2. The fourth-order valence-corrected chi connectivity index (χ4v) is 2.54. The van der Waals surface area contributed by atoms with Gasteiger partial charge in [-0.2, -0.15) is 0 Å². The first-order valence-corrected chi connectivity index (χ1v) is 6.67. The molecule has 0 aromatic heterocycles. The molecule has 0 aromatic rings. The Kier molecular flexibility index (Phi) is 5.87. The molecule has 0 atom stereocenters. The molecule has 0 spiro atoms. The van der Waals surface area contributed by atoms with Gasteiger partial charge in [0.05, 0.1) is 0 Å². The molecule has 1 fully saturated rings. The second kappa shape index (κ2) is 6.93. The molecule has 1 saturated heterocycles. The van der Waals surface area contributed by atoms with Crippen LogP contribution in [0.15, 0.2) is 0 Å². The average molecular weight is 222 g/mol. The summed E-state index contributed by atoms with van der Waals surface area (Å²) in [5, 5.41) is 3.73. The molecule has 0 bridgehead atoms. The van der Waals surface area contributed by atoms with Crippen molar-refractivity contribution in [2.75, 3.05) is 26.2 Å². The minimum atomic E-state index is 0.340. The van der Waals surface area contributed by atoms with Crippen molar-refractivity contribution in [3.05, 3.63) is 0 Å². The molecule has 0 aromatic carbocycles. The van der Waals surface area contributed by atoms with Crippen LogP contribution in [-0.2, 0) is 0 Å². The van der Waals surface area contributed by atoms with Gasteiger partial charge in [-0.25, -0.2) is 0 Å². The molecule has 0 saturated carbocycles. The maximum Gasteiger partial charge on any atom is 0.0303 e. The average Bonchev–Trinajstić information content (AvgIpc) is 2.53. The van der Waals surface area contributed by atoms with Crippen LogP contribution in [0.4, 0.5) is 0 Å². The van der Waals surface area contributed by atoms with Crippen LogP contribution in [0.25, 0.3) is 0 Å². The third-order valence-electron chi connectivity index (χ3n) is 3.83. The third-order valence-corrected chi connectivity index (χ3v) is 3.83. The molecule has 0 unspecified atom stereocenters. The van der Waals surface area contributed by atoms with Gasteiger partial charge in [0.2, 0.25) is 0 Å². The number of rotatable bonds is 5. The molecule has 92 valence electrons. The number of nitrogens with zero attached hydrogens (tertiary/aromatic N) is 1. The van der Waals surface area contributed by atoms with Gasteiger partial charge in [-0.05, 0) is 45.3 Å². The van der Waals surface area contributed by atoms with E-state index in [1.165, 1.54) is 32.4 Å². The molecule has 0 amide bonds. The fraction of sp³-hybridized carbons (Fsp3) is 0.857. The molecule has 1 aliphatic heterocycles. The van der Waals surface area contributed by atoms with Gasteiger partial charge in [-0.1, -0.05) is 13.8 Å². The summed E-state index contributed by atoms with van der Waals surface area (Å²) in [7, 11) is 0. The zero-order valence-corrected chi connectivity index (χ0v) is 10.9. The number of terminal acetylenes is 1. The van der Waals surface area contributed by atoms with E-state index in [0.717, 1.165) is 25.9 Å². The molecule has 1 N–H and O–H groups in total. The summed E-state index contributed by atoms with van der Waals surface area (Å²) >= 11 is 0. The van der Waals surface area contributed by atoms with E-state index >= 15 is 0 Å². The van der Waals surface area contributed by atoms with Crippen LogP contribution in [0.1, 0.15) is 46.0 Å².